The van der Waals surface area contributed by atoms with Gasteiger partial charge in [-0.15, -0.1) is 5.10 Å². The first-order valence-electron chi connectivity index (χ1n) is 8.76. The first-order chi connectivity index (χ1) is 14.5. The van der Waals surface area contributed by atoms with Crippen LogP contribution in [0.5, 0.6) is 0 Å². The lowest BCUT2D eigenvalue weighted by Gasteiger charge is -2.09. The van der Waals surface area contributed by atoms with Crippen molar-refractivity contribution in [2.45, 2.75) is 40.7 Å². The molecule has 0 aliphatic heterocycles. The van der Waals surface area contributed by atoms with Gasteiger partial charge in [0.1, 0.15) is 22.4 Å². The number of amides is 1. The van der Waals surface area contributed by atoms with Gasteiger partial charge in [-0.05, 0) is 56.8 Å². The SMILES string of the molecule is Cc1ccc(Sc2ccc(Sc3n[nH]c(C)n3)nc2C(=O)Nc2nc(C)ns2)cn1. The minimum Gasteiger partial charge on any atom is -0.295 e. The fourth-order valence-electron chi connectivity index (χ4n) is 2.34. The standard InChI is InChI=1S/C18H16N8OS3/c1-9-4-5-12(8-19-9)28-13-6-7-14(29-18-20-10(2)24-25-18)22-15(13)16(27)23-17-21-11(3)26-30-17/h4-8H,1-3H3,(H,20,24,25)(H,21,23,26,27). The highest BCUT2D eigenvalue weighted by Gasteiger charge is 2.18. The molecule has 0 unspecified atom stereocenters. The van der Waals surface area contributed by atoms with E-state index in [1.54, 1.807) is 13.1 Å². The van der Waals surface area contributed by atoms with E-state index in [0.29, 0.717) is 31.9 Å². The fraction of sp³-hybridized carbons (Fsp3) is 0.167. The second-order valence-corrected chi connectivity index (χ2v) is 8.99. The molecule has 0 saturated carbocycles. The summed E-state index contributed by atoms with van der Waals surface area (Å²) in [6, 6.07) is 7.59. The largest absolute Gasteiger partial charge is 0.295 e. The van der Waals surface area contributed by atoms with Gasteiger partial charge in [0.2, 0.25) is 10.3 Å². The van der Waals surface area contributed by atoms with Gasteiger partial charge in [-0.2, -0.15) is 4.37 Å². The lowest BCUT2D eigenvalue weighted by atomic mass is 10.3. The van der Waals surface area contributed by atoms with Crippen LogP contribution in [0.15, 0.2) is 50.4 Å². The predicted octanol–water partition coefficient (Wildman–Crippen LogP) is 3.93. The summed E-state index contributed by atoms with van der Waals surface area (Å²) >= 11 is 3.82. The highest BCUT2D eigenvalue weighted by molar-refractivity contribution is 7.99. The zero-order valence-electron chi connectivity index (χ0n) is 16.2. The zero-order valence-corrected chi connectivity index (χ0v) is 18.7. The molecular formula is C18H16N8OS3. The Balaban J connectivity index is 1.64. The molecule has 0 atom stereocenters. The van der Waals surface area contributed by atoms with Crippen LogP contribution >= 0.6 is 35.1 Å². The van der Waals surface area contributed by atoms with Crippen LogP contribution in [-0.4, -0.2) is 40.4 Å². The maximum absolute atomic E-state index is 13.0. The van der Waals surface area contributed by atoms with Gasteiger partial charge in [0, 0.05) is 33.2 Å². The van der Waals surface area contributed by atoms with Crippen molar-refractivity contribution in [3.05, 3.63) is 53.5 Å². The van der Waals surface area contributed by atoms with Crippen LogP contribution in [0.3, 0.4) is 0 Å². The van der Waals surface area contributed by atoms with Crippen molar-refractivity contribution in [2.75, 3.05) is 5.32 Å². The molecule has 0 aromatic carbocycles. The van der Waals surface area contributed by atoms with Crippen molar-refractivity contribution in [1.29, 1.82) is 0 Å². The van der Waals surface area contributed by atoms with E-state index in [0.717, 1.165) is 22.1 Å². The van der Waals surface area contributed by atoms with Gasteiger partial charge in [-0.25, -0.2) is 15.0 Å². The lowest BCUT2D eigenvalue weighted by molar-refractivity contribution is 0.101. The van der Waals surface area contributed by atoms with E-state index in [1.807, 2.05) is 38.1 Å². The fourth-order valence-corrected chi connectivity index (χ4v) is 4.51. The average molecular weight is 457 g/mol. The Kier molecular flexibility index (Phi) is 6.06. The minimum atomic E-state index is -0.359. The van der Waals surface area contributed by atoms with Crippen molar-refractivity contribution in [1.82, 2.24) is 34.5 Å². The normalized spacial score (nSPS) is 10.9. The molecule has 4 rings (SSSR count). The second kappa shape index (κ2) is 8.90. The number of nitrogens with one attached hydrogen (secondary N) is 2. The summed E-state index contributed by atoms with van der Waals surface area (Å²) in [7, 11) is 0. The number of anilines is 1. The van der Waals surface area contributed by atoms with Crippen LogP contribution in [0.1, 0.15) is 27.8 Å². The topological polar surface area (TPSA) is 122 Å². The lowest BCUT2D eigenvalue weighted by Crippen LogP contribution is -2.15. The summed E-state index contributed by atoms with van der Waals surface area (Å²) in [5.74, 6) is 0.955. The maximum atomic E-state index is 13.0. The monoisotopic (exact) mass is 456 g/mol. The summed E-state index contributed by atoms with van der Waals surface area (Å²) in [6.45, 7) is 5.52. The number of pyridine rings is 2. The Bertz CT molecular complexity index is 1190. The first-order valence-corrected chi connectivity index (χ1v) is 11.2. The summed E-state index contributed by atoms with van der Waals surface area (Å²) in [5.41, 5.74) is 1.21. The molecule has 0 radical (unpaired) electrons. The van der Waals surface area contributed by atoms with E-state index >= 15 is 0 Å². The molecule has 1 amide bonds. The van der Waals surface area contributed by atoms with Crippen LogP contribution < -0.4 is 5.32 Å². The molecule has 0 aliphatic rings. The van der Waals surface area contributed by atoms with Gasteiger partial charge in [-0.1, -0.05) is 11.8 Å². The number of nitrogens with zero attached hydrogens (tertiary/aromatic N) is 6. The molecule has 2 N–H and O–H groups in total. The molecule has 9 nitrogen and oxygen atoms in total. The van der Waals surface area contributed by atoms with Gasteiger partial charge in [0.15, 0.2) is 0 Å². The smallest absolute Gasteiger partial charge is 0.277 e. The second-order valence-electron chi connectivity index (χ2n) is 6.14. The van der Waals surface area contributed by atoms with Crippen LogP contribution in [0.2, 0.25) is 0 Å². The number of rotatable bonds is 6. The number of hydrogen-bond donors (Lipinski definition) is 2. The molecule has 152 valence electrons. The van der Waals surface area contributed by atoms with Gasteiger partial charge in [0.05, 0.1) is 0 Å². The Labute approximate surface area is 184 Å². The van der Waals surface area contributed by atoms with E-state index in [1.165, 1.54) is 23.5 Å². The quantitative estimate of drug-likeness (QED) is 0.444. The predicted molar refractivity (Wildman–Crippen MR) is 115 cm³/mol. The summed E-state index contributed by atoms with van der Waals surface area (Å²) < 4.78 is 4.10. The van der Waals surface area contributed by atoms with E-state index in [-0.39, 0.29) is 11.6 Å². The van der Waals surface area contributed by atoms with Crippen LogP contribution in [-0.2, 0) is 0 Å². The number of hydrogen-bond acceptors (Lipinski definition) is 10. The van der Waals surface area contributed by atoms with Crippen molar-refractivity contribution < 1.29 is 4.79 Å². The maximum Gasteiger partial charge on any atom is 0.277 e. The number of carbonyl (C=O) groups is 1. The molecule has 0 fully saturated rings. The summed E-state index contributed by atoms with van der Waals surface area (Å²) in [5, 5.41) is 11.3. The molecule has 30 heavy (non-hydrogen) atoms. The highest BCUT2D eigenvalue weighted by Crippen LogP contribution is 2.32. The first kappa shape index (κ1) is 20.4. The van der Waals surface area contributed by atoms with Crippen LogP contribution in [0.25, 0.3) is 0 Å². The Morgan fingerprint density at radius 1 is 1.07 bits per heavy atom. The van der Waals surface area contributed by atoms with Gasteiger partial charge >= 0.3 is 0 Å². The van der Waals surface area contributed by atoms with Crippen LogP contribution in [0, 0.1) is 20.8 Å². The van der Waals surface area contributed by atoms with Crippen molar-refractivity contribution in [2.24, 2.45) is 0 Å². The molecule has 0 saturated heterocycles. The molecule has 4 heterocycles. The van der Waals surface area contributed by atoms with E-state index in [9.17, 15) is 4.79 Å². The number of H-pyrrole nitrogens is 1. The molecular weight excluding hydrogens is 440 g/mol. The van der Waals surface area contributed by atoms with Crippen LogP contribution in [0.4, 0.5) is 5.13 Å². The summed E-state index contributed by atoms with van der Waals surface area (Å²) in [6.07, 6.45) is 1.77. The minimum absolute atomic E-state index is 0.283. The van der Waals surface area contributed by atoms with Crippen molar-refractivity contribution in [3.8, 4) is 0 Å². The number of aryl methyl sites for hydroxylation is 3. The van der Waals surface area contributed by atoms with Crippen molar-refractivity contribution in [3.63, 3.8) is 0 Å². The third-order valence-corrected chi connectivity index (χ3v) is 6.23. The van der Waals surface area contributed by atoms with E-state index in [2.05, 4.69) is 39.8 Å². The molecule has 0 bridgehead atoms. The number of carbonyl (C=O) groups excluding carboxylic acids is 1. The molecule has 4 aromatic heterocycles. The number of aromatic nitrogens is 7. The number of aromatic amines is 1. The Morgan fingerprint density at radius 2 is 1.93 bits per heavy atom. The van der Waals surface area contributed by atoms with E-state index < -0.39 is 0 Å². The third kappa shape index (κ3) is 5.01. The van der Waals surface area contributed by atoms with Crippen molar-refractivity contribution >= 4 is 46.1 Å². The van der Waals surface area contributed by atoms with Gasteiger partial charge < -0.3 is 0 Å². The molecule has 0 spiro atoms. The highest BCUT2D eigenvalue weighted by atomic mass is 32.2. The Hall–Kier alpha value is -2.83. The molecule has 12 heteroatoms. The van der Waals surface area contributed by atoms with Gasteiger partial charge in [-0.3, -0.25) is 20.2 Å². The van der Waals surface area contributed by atoms with E-state index in [4.69, 9.17) is 0 Å². The molecule has 4 aromatic rings. The Morgan fingerprint density at radius 3 is 2.60 bits per heavy atom. The third-order valence-electron chi connectivity index (χ3n) is 3.68. The summed E-state index contributed by atoms with van der Waals surface area (Å²) in [4.78, 5) is 31.9. The average Bonchev–Trinajstić information content (AvgIpc) is 3.32. The molecule has 0 aliphatic carbocycles. The van der Waals surface area contributed by atoms with Gasteiger partial charge in [0.25, 0.3) is 5.91 Å². The zero-order chi connectivity index (χ0) is 21.1.